The highest BCUT2D eigenvalue weighted by Gasteiger charge is 2.16. The minimum Gasteiger partial charge on any atom is -0.358 e. The number of nitrogens with zero attached hydrogens (tertiary/aromatic N) is 1. The Hall–Kier alpha value is -2.23. The fourth-order valence-electron chi connectivity index (χ4n) is 2.41. The molecule has 0 bridgehead atoms. The fourth-order valence-corrected chi connectivity index (χ4v) is 3.60. The van der Waals surface area contributed by atoms with E-state index in [-0.39, 0.29) is 5.91 Å². The van der Waals surface area contributed by atoms with Crippen molar-refractivity contribution < 1.29 is 4.79 Å². The lowest BCUT2D eigenvalue weighted by atomic mass is 9.96. The van der Waals surface area contributed by atoms with Crippen LogP contribution < -0.4 is 10.4 Å². The summed E-state index contributed by atoms with van der Waals surface area (Å²) in [5.41, 5.74) is 4.20. The van der Waals surface area contributed by atoms with E-state index in [9.17, 15) is 10.1 Å². The van der Waals surface area contributed by atoms with Crippen molar-refractivity contribution in [3.63, 3.8) is 0 Å². The van der Waals surface area contributed by atoms with Gasteiger partial charge in [-0.05, 0) is 64.9 Å². The SMILES string of the molecule is C=C(C)c1c(C#N)cccc1C(=O)Nc1ccc(C=N)c(NPI)c1. The van der Waals surface area contributed by atoms with Crippen LogP contribution in [0.15, 0.2) is 43.0 Å². The third-order valence-electron chi connectivity index (χ3n) is 3.50. The Morgan fingerprint density at radius 3 is 2.76 bits per heavy atom. The summed E-state index contributed by atoms with van der Waals surface area (Å²) in [5, 5.41) is 22.7. The highest BCUT2D eigenvalue weighted by molar-refractivity contribution is 14.2. The first-order valence-electron chi connectivity index (χ1n) is 7.28. The van der Waals surface area contributed by atoms with Crippen LogP contribution in [0, 0.1) is 16.7 Å². The molecule has 126 valence electrons. The fraction of sp³-hybridized carbons (Fsp3) is 0.0556. The van der Waals surface area contributed by atoms with Crippen LogP contribution in [-0.2, 0) is 0 Å². The summed E-state index contributed by atoms with van der Waals surface area (Å²) in [7, 11) is 0. The molecule has 0 fully saturated rings. The number of hydrogen-bond acceptors (Lipinski definition) is 4. The molecule has 0 radical (unpaired) electrons. The van der Waals surface area contributed by atoms with Crippen LogP contribution in [-0.4, -0.2) is 12.1 Å². The number of anilines is 2. The number of benzene rings is 2. The van der Waals surface area contributed by atoms with Crippen molar-refractivity contribution in [2.24, 2.45) is 0 Å². The lowest BCUT2D eigenvalue weighted by Gasteiger charge is -2.13. The van der Waals surface area contributed by atoms with Gasteiger partial charge in [0.25, 0.3) is 5.91 Å². The lowest BCUT2D eigenvalue weighted by molar-refractivity contribution is 0.102. The molecule has 2 aromatic carbocycles. The van der Waals surface area contributed by atoms with E-state index >= 15 is 0 Å². The number of rotatable bonds is 6. The molecule has 1 amide bonds. The van der Waals surface area contributed by atoms with E-state index in [1.165, 1.54) is 6.21 Å². The number of hydrogen-bond donors (Lipinski definition) is 3. The molecule has 0 aromatic heterocycles. The van der Waals surface area contributed by atoms with Crippen LogP contribution in [0.2, 0.25) is 0 Å². The number of amides is 1. The molecular weight excluding hydrogens is 446 g/mol. The van der Waals surface area contributed by atoms with Gasteiger partial charge in [-0.25, -0.2) is 0 Å². The van der Waals surface area contributed by atoms with E-state index in [1.807, 2.05) is 0 Å². The maximum absolute atomic E-state index is 12.7. The smallest absolute Gasteiger partial charge is 0.256 e. The molecule has 0 saturated heterocycles. The molecule has 5 nitrogen and oxygen atoms in total. The Balaban J connectivity index is 2.38. The first kappa shape index (κ1) is 19.1. The molecule has 3 N–H and O–H groups in total. The Morgan fingerprint density at radius 2 is 2.16 bits per heavy atom. The first-order valence-corrected chi connectivity index (χ1v) is 11.4. The van der Waals surface area contributed by atoms with Gasteiger partial charge >= 0.3 is 0 Å². The van der Waals surface area contributed by atoms with Gasteiger partial charge < -0.3 is 15.8 Å². The van der Waals surface area contributed by atoms with Crippen molar-refractivity contribution in [3.8, 4) is 6.07 Å². The summed E-state index contributed by atoms with van der Waals surface area (Å²) in [6.07, 6.45) is 1.71. The maximum atomic E-state index is 12.7. The van der Waals surface area contributed by atoms with Gasteiger partial charge in [-0.2, -0.15) is 5.26 Å². The van der Waals surface area contributed by atoms with Crippen LogP contribution in [0.4, 0.5) is 11.4 Å². The van der Waals surface area contributed by atoms with Crippen LogP contribution in [0.1, 0.15) is 34.0 Å². The summed E-state index contributed by atoms with van der Waals surface area (Å²) >= 11 is 2.20. The normalized spacial score (nSPS) is 10.3. The molecule has 2 rings (SSSR count). The number of nitriles is 1. The second kappa shape index (κ2) is 8.75. The van der Waals surface area contributed by atoms with E-state index in [2.05, 4.69) is 45.1 Å². The Morgan fingerprint density at radius 1 is 1.40 bits per heavy atom. The molecular formula is C18H16IN4OP. The number of nitrogens with one attached hydrogen (secondary N) is 3. The largest absolute Gasteiger partial charge is 0.358 e. The highest BCUT2D eigenvalue weighted by Crippen LogP contribution is 2.29. The molecule has 0 spiro atoms. The molecule has 25 heavy (non-hydrogen) atoms. The zero-order valence-corrected chi connectivity index (χ0v) is 16.6. The van der Waals surface area contributed by atoms with Gasteiger partial charge in [-0.15, -0.1) is 0 Å². The molecule has 0 heterocycles. The van der Waals surface area contributed by atoms with E-state index in [4.69, 9.17) is 5.41 Å². The third-order valence-corrected chi connectivity index (χ3v) is 4.68. The molecule has 1 atom stereocenters. The summed E-state index contributed by atoms with van der Waals surface area (Å²) in [4.78, 5) is 12.7. The number of allylic oxidation sites excluding steroid dienone is 1. The minimum absolute atomic E-state index is 0.305. The van der Waals surface area contributed by atoms with E-state index in [0.717, 1.165) is 11.3 Å². The number of carbonyl (C=O) groups is 1. The molecule has 0 saturated carbocycles. The van der Waals surface area contributed by atoms with Gasteiger partial charge in [0.2, 0.25) is 0 Å². The molecule has 0 aliphatic carbocycles. The van der Waals surface area contributed by atoms with E-state index in [0.29, 0.717) is 34.3 Å². The van der Waals surface area contributed by atoms with Gasteiger partial charge in [-0.3, -0.25) is 4.79 Å². The predicted octanol–water partition coefficient (Wildman–Crippen LogP) is 5.20. The van der Waals surface area contributed by atoms with Crippen LogP contribution >= 0.6 is 28.4 Å². The van der Waals surface area contributed by atoms with Gasteiger partial charge in [0.1, 0.15) is 0 Å². The molecule has 2 aromatic rings. The Kier molecular flexibility index (Phi) is 6.68. The monoisotopic (exact) mass is 462 g/mol. The maximum Gasteiger partial charge on any atom is 0.256 e. The minimum atomic E-state index is -0.305. The Bertz CT molecular complexity index is 889. The van der Waals surface area contributed by atoms with E-state index in [1.54, 1.807) is 43.3 Å². The second-order valence-corrected chi connectivity index (χ2v) is 7.30. The van der Waals surface area contributed by atoms with Crippen molar-refractivity contribution in [3.05, 3.63) is 65.2 Å². The first-order chi connectivity index (χ1) is 12.0. The van der Waals surface area contributed by atoms with Crippen LogP contribution in [0.25, 0.3) is 5.57 Å². The second-order valence-electron chi connectivity index (χ2n) is 5.24. The average Bonchev–Trinajstić information content (AvgIpc) is 2.61. The van der Waals surface area contributed by atoms with E-state index < -0.39 is 0 Å². The average molecular weight is 462 g/mol. The lowest BCUT2D eigenvalue weighted by Crippen LogP contribution is -2.15. The van der Waals surface area contributed by atoms with Crippen molar-refractivity contribution in [2.45, 2.75) is 6.92 Å². The summed E-state index contributed by atoms with van der Waals surface area (Å²) in [6.45, 7) is 5.65. The molecule has 0 aliphatic rings. The predicted molar refractivity (Wildman–Crippen MR) is 114 cm³/mol. The van der Waals surface area contributed by atoms with Gasteiger partial charge in [0.05, 0.1) is 11.6 Å². The van der Waals surface area contributed by atoms with Gasteiger partial charge in [0.15, 0.2) is 0 Å². The number of halogens is 1. The third kappa shape index (κ3) is 4.44. The molecule has 0 aliphatic heterocycles. The zero-order valence-electron chi connectivity index (χ0n) is 13.5. The topological polar surface area (TPSA) is 88.8 Å². The standard InChI is InChI=1S/C18H16IN4OP/c1-11(2)17-13(10-21)4-3-5-15(17)18(24)22-14-7-6-12(9-20)16(8-14)23-25-19/h3-9,20,23,25H,1H2,2H3,(H,22,24). The zero-order chi connectivity index (χ0) is 18.4. The molecule has 1 unspecified atom stereocenters. The molecule has 7 heteroatoms. The highest BCUT2D eigenvalue weighted by atomic mass is 127. The van der Waals surface area contributed by atoms with Crippen molar-refractivity contribution >= 4 is 57.5 Å². The summed E-state index contributed by atoms with van der Waals surface area (Å²) in [5.74, 6) is -0.305. The van der Waals surface area contributed by atoms with Crippen molar-refractivity contribution in [2.75, 3.05) is 10.4 Å². The van der Waals surface area contributed by atoms with Crippen LogP contribution in [0.3, 0.4) is 0 Å². The summed E-state index contributed by atoms with van der Waals surface area (Å²) in [6, 6.07) is 12.4. The van der Waals surface area contributed by atoms with Gasteiger partial charge in [-0.1, -0.05) is 12.6 Å². The van der Waals surface area contributed by atoms with Crippen molar-refractivity contribution in [1.29, 1.82) is 10.7 Å². The quantitative estimate of drug-likeness (QED) is 0.314. The van der Waals surface area contributed by atoms with Crippen LogP contribution in [0.5, 0.6) is 0 Å². The Labute approximate surface area is 161 Å². The van der Waals surface area contributed by atoms with Gasteiger partial charge in [0, 0.05) is 40.7 Å². The number of carbonyl (C=O) groups excluding carboxylic acids is 1. The van der Waals surface area contributed by atoms with Crippen molar-refractivity contribution in [1.82, 2.24) is 0 Å². The summed E-state index contributed by atoms with van der Waals surface area (Å²) < 4.78 is 0.